The molecule has 35 heavy (non-hydrogen) atoms. The van der Waals surface area contributed by atoms with E-state index in [1.807, 2.05) is 42.5 Å². The second kappa shape index (κ2) is 11.9. The zero-order valence-corrected chi connectivity index (χ0v) is 20.8. The lowest BCUT2D eigenvalue weighted by Crippen LogP contribution is -2.26. The van der Waals surface area contributed by atoms with E-state index in [1.54, 1.807) is 7.11 Å². The average Bonchev–Trinajstić information content (AvgIpc) is 2.86. The number of rotatable bonds is 2. The molecule has 0 atom stereocenters. The summed E-state index contributed by atoms with van der Waals surface area (Å²) >= 11 is 6.49. The van der Waals surface area contributed by atoms with E-state index < -0.39 is 0 Å². The molecule has 0 unspecified atom stereocenters. The van der Waals surface area contributed by atoms with Gasteiger partial charge in [-0.1, -0.05) is 18.5 Å². The summed E-state index contributed by atoms with van der Waals surface area (Å²) in [7, 11) is 1.60. The molecule has 2 N–H and O–H groups in total. The normalized spacial score (nSPS) is 15.3. The number of fused-ring (bicyclic) bond motifs is 6. The standard InChI is InChI=1S/C26H30ClN5O3/c1-3-32-11-10-21(33)5-4-12-35-24-14-20(7-9-23(24)34-2)31-26-15-25(28-17-29-26)30-19-6-8-22(27)18(13-19)16-32/h6-9,13-15,17H,3-5,10-12,16H2,1-2H3,(H2,28,29,30,31). The van der Waals surface area contributed by atoms with Crippen LogP contribution in [0.15, 0.2) is 48.8 Å². The fourth-order valence-electron chi connectivity index (χ4n) is 3.88. The first kappa shape index (κ1) is 24.8. The molecule has 1 aliphatic heterocycles. The third-order valence-electron chi connectivity index (χ3n) is 5.83. The Morgan fingerprint density at radius 1 is 1.06 bits per heavy atom. The van der Waals surface area contributed by atoms with Crippen molar-refractivity contribution in [1.82, 2.24) is 14.9 Å². The number of ether oxygens (including phenoxy) is 2. The van der Waals surface area contributed by atoms with Gasteiger partial charge in [0.05, 0.1) is 13.7 Å². The molecule has 4 rings (SSSR count). The van der Waals surface area contributed by atoms with Gasteiger partial charge < -0.3 is 20.1 Å². The molecule has 0 spiro atoms. The molecule has 9 heteroatoms. The molecule has 184 valence electrons. The van der Waals surface area contributed by atoms with Crippen molar-refractivity contribution in [2.75, 3.05) is 37.4 Å². The number of nitrogens with one attached hydrogen (secondary N) is 2. The van der Waals surface area contributed by atoms with Gasteiger partial charge in [-0.25, -0.2) is 9.97 Å². The van der Waals surface area contributed by atoms with Crippen molar-refractivity contribution < 1.29 is 14.3 Å². The monoisotopic (exact) mass is 495 g/mol. The fraction of sp³-hybridized carbons (Fsp3) is 0.346. The SMILES string of the molecule is CCN1CCC(=O)CCCOc2cc(ccc2OC)Nc2cc(ncn2)Nc2ccc(Cl)c(c2)C1. The predicted octanol–water partition coefficient (Wildman–Crippen LogP) is 5.58. The topological polar surface area (TPSA) is 88.6 Å². The minimum Gasteiger partial charge on any atom is -0.493 e. The highest BCUT2D eigenvalue weighted by Gasteiger charge is 2.13. The van der Waals surface area contributed by atoms with Crippen LogP contribution in [0.5, 0.6) is 11.5 Å². The fourth-order valence-corrected chi connectivity index (χ4v) is 4.06. The van der Waals surface area contributed by atoms with Crippen molar-refractivity contribution in [3.63, 3.8) is 0 Å². The van der Waals surface area contributed by atoms with Gasteiger partial charge >= 0.3 is 0 Å². The second-order valence-electron chi connectivity index (χ2n) is 8.32. The largest absolute Gasteiger partial charge is 0.493 e. The Bertz CT molecular complexity index is 1170. The smallest absolute Gasteiger partial charge is 0.163 e. The maximum Gasteiger partial charge on any atom is 0.163 e. The third-order valence-corrected chi connectivity index (χ3v) is 6.20. The molecule has 0 saturated heterocycles. The van der Waals surface area contributed by atoms with Gasteiger partial charge in [0.15, 0.2) is 11.5 Å². The Balaban J connectivity index is 1.63. The lowest BCUT2D eigenvalue weighted by atomic mass is 10.1. The quantitative estimate of drug-likeness (QED) is 0.476. The summed E-state index contributed by atoms with van der Waals surface area (Å²) < 4.78 is 11.4. The predicted molar refractivity (Wildman–Crippen MR) is 138 cm³/mol. The number of aromatic nitrogens is 2. The van der Waals surface area contributed by atoms with Crippen LogP contribution in [0.3, 0.4) is 0 Å². The highest BCUT2D eigenvalue weighted by Crippen LogP contribution is 2.32. The molecular weight excluding hydrogens is 466 g/mol. The van der Waals surface area contributed by atoms with Crippen LogP contribution >= 0.6 is 11.6 Å². The number of nitrogens with zero attached hydrogens (tertiary/aromatic N) is 3. The number of halogens is 1. The number of Topliss-reactive ketones (excluding diaryl/α,β-unsaturated/α-hetero) is 1. The highest BCUT2D eigenvalue weighted by atomic mass is 35.5. The Morgan fingerprint density at radius 3 is 2.54 bits per heavy atom. The van der Waals surface area contributed by atoms with E-state index in [0.29, 0.717) is 67.1 Å². The molecule has 0 radical (unpaired) electrons. The lowest BCUT2D eigenvalue weighted by molar-refractivity contribution is -0.119. The lowest BCUT2D eigenvalue weighted by Gasteiger charge is -2.21. The Kier molecular flexibility index (Phi) is 8.39. The van der Waals surface area contributed by atoms with Crippen LogP contribution in [-0.4, -0.2) is 47.5 Å². The van der Waals surface area contributed by atoms with Crippen LogP contribution in [0.2, 0.25) is 5.02 Å². The van der Waals surface area contributed by atoms with Crippen LogP contribution in [-0.2, 0) is 11.3 Å². The molecule has 3 aromatic rings. The first-order valence-corrected chi connectivity index (χ1v) is 12.1. The van der Waals surface area contributed by atoms with Crippen molar-refractivity contribution in [3.8, 4) is 11.5 Å². The minimum absolute atomic E-state index is 0.223. The number of carbonyl (C=O) groups is 1. The second-order valence-corrected chi connectivity index (χ2v) is 8.73. The van der Waals surface area contributed by atoms with Crippen molar-refractivity contribution in [2.24, 2.45) is 0 Å². The summed E-state index contributed by atoms with van der Waals surface area (Å²) in [4.78, 5) is 23.4. The number of methoxy groups -OCH3 is 1. The summed E-state index contributed by atoms with van der Waals surface area (Å²) in [6.45, 7) is 4.67. The van der Waals surface area contributed by atoms with Crippen LogP contribution in [0.1, 0.15) is 31.7 Å². The number of hydrogen-bond acceptors (Lipinski definition) is 8. The zero-order valence-electron chi connectivity index (χ0n) is 20.0. The molecule has 0 amide bonds. The minimum atomic E-state index is 0.223. The first-order chi connectivity index (χ1) is 17.0. The molecule has 0 saturated carbocycles. The van der Waals surface area contributed by atoms with Crippen molar-refractivity contribution in [1.29, 1.82) is 0 Å². The Morgan fingerprint density at radius 2 is 1.80 bits per heavy atom. The molecule has 1 aliphatic rings. The number of anilines is 4. The van der Waals surface area contributed by atoms with Crippen LogP contribution in [0.25, 0.3) is 0 Å². The van der Waals surface area contributed by atoms with E-state index in [2.05, 4.69) is 32.4 Å². The van der Waals surface area contributed by atoms with Crippen LogP contribution in [0, 0.1) is 0 Å². The van der Waals surface area contributed by atoms with Crippen molar-refractivity contribution >= 4 is 40.4 Å². The molecular formula is C26H30ClN5O3. The van der Waals surface area contributed by atoms with Gasteiger partial charge in [-0.05, 0) is 48.9 Å². The molecule has 1 aromatic heterocycles. The van der Waals surface area contributed by atoms with E-state index in [4.69, 9.17) is 21.1 Å². The van der Waals surface area contributed by atoms with E-state index in [-0.39, 0.29) is 5.78 Å². The zero-order chi connectivity index (χ0) is 24.6. The number of carbonyl (C=O) groups excluding carboxylic acids is 1. The van der Waals surface area contributed by atoms with Gasteiger partial charge in [0.2, 0.25) is 0 Å². The van der Waals surface area contributed by atoms with Crippen LogP contribution < -0.4 is 20.1 Å². The van der Waals surface area contributed by atoms with Crippen molar-refractivity contribution in [2.45, 2.75) is 32.7 Å². The molecule has 2 aromatic carbocycles. The summed E-state index contributed by atoms with van der Waals surface area (Å²) in [5, 5.41) is 7.31. The van der Waals surface area contributed by atoms with E-state index in [1.165, 1.54) is 6.33 Å². The summed E-state index contributed by atoms with van der Waals surface area (Å²) in [6.07, 6.45) is 3.11. The van der Waals surface area contributed by atoms with Crippen molar-refractivity contribution in [3.05, 3.63) is 59.4 Å². The van der Waals surface area contributed by atoms with Gasteiger partial charge in [-0.2, -0.15) is 0 Å². The van der Waals surface area contributed by atoms with Gasteiger partial charge in [0, 0.05) is 54.5 Å². The Labute approximate surface area is 210 Å². The van der Waals surface area contributed by atoms with Gasteiger partial charge in [0.25, 0.3) is 0 Å². The summed E-state index contributed by atoms with van der Waals surface area (Å²) in [6, 6.07) is 13.2. The Hall–Kier alpha value is -3.36. The highest BCUT2D eigenvalue weighted by molar-refractivity contribution is 6.31. The number of hydrogen-bond donors (Lipinski definition) is 2. The first-order valence-electron chi connectivity index (χ1n) is 11.7. The number of benzene rings is 2. The maximum absolute atomic E-state index is 12.5. The third kappa shape index (κ3) is 6.83. The number of ketones is 1. The average molecular weight is 496 g/mol. The van der Waals surface area contributed by atoms with Gasteiger partial charge in [0.1, 0.15) is 23.7 Å². The van der Waals surface area contributed by atoms with Gasteiger partial charge in [-0.3, -0.25) is 9.69 Å². The van der Waals surface area contributed by atoms with E-state index in [9.17, 15) is 4.79 Å². The van der Waals surface area contributed by atoms with Gasteiger partial charge in [-0.15, -0.1) is 0 Å². The summed E-state index contributed by atoms with van der Waals surface area (Å²) in [5.74, 6) is 2.74. The van der Waals surface area contributed by atoms with Crippen LogP contribution in [0.4, 0.5) is 23.0 Å². The molecule has 2 heterocycles. The van der Waals surface area contributed by atoms with E-state index >= 15 is 0 Å². The maximum atomic E-state index is 12.5. The molecule has 0 fully saturated rings. The van der Waals surface area contributed by atoms with E-state index in [0.717, 1.165) is 23.5 Å². The molecule has 8 nitrogen and oxygen atoms in total. The summed E-state index contributed by atoms with van der Waals surface area (Å²) in [5.41, 5.74) is 2.66. The molecule has 6 bridgehead atoms. The molecule has 0 aliphatic carbocycles.